The van der Waals surface area contributed by atoms with Crippen molar-refractivity contribution in [2.24, 2.45) is 0 Å². The molecule has 1 aliphatic heterocycles. The van der Waals surface area contributed by atoms with Crippen LogP contribution < -0.4 is 4.74 Å². The van der Waals surface area contributed by atoms with E-state index in [9.17, 15) is 9.90 Å². The highest BCUT2D eigenvalue weighted by Gasteiger charge is 2.33. The SMILES string of the molecule is CC(C)(C)OC(=O)N1CCC[C@H]1/C(Br)=C/c1cncc(Oc2ccc(O)cc2)c1. The van der Waals surface area contributed by atoms with Gasteiger partial charge in [-0.15, -0.1) is 0 Å². The van der Waals surface area contributed by atoms with E-state index in [1.54, 1.807) is 41.6 Å². The summed E-state index contributed by atoms with van der Waals surface area (Å²) in [5, 5.41) is 9.37. The van der Waals surface area contributed by atoms with Gasteiger partial charge in [-0.25, -0.2) is 4.79 Å². The number of phenolic OH excluding ortho intramolecular Hbond substituents is 1. The highest BCUT2D eigenvalue weighted by Crippen LogP contribution is 2.31. The lowest BCUT2D eigenvalue weighted by atomic mass is 10.1. The Morgan fingerprint density at radius 3 is 2.66 bits per heavy atom. The van der Waals surface area contributed by atoms with Gasteiger partial charge in [0.1, 0.15) is 22.8 Å². The topological polar surface area (TPSA) is 71.9 Å². The first-order valence-electron chi connectivity index (χ1n) is 9.50. The molecule has 1 fully saturated rings. The second-order valence-electron chi connectivity index (χ2n) is 7.91. The van der Waals surface area contributed by atoms with E-state index in [-0.39, 0.29) is 17.9 Å². The quantitative estimate of drug-likeness (QED) is 0.631. The zero-order valence-corrected chi connectivity index (χ0v) is 18.3. The summed E-state index contributed by atoms with van der Waals surface area (Å²) in [5.74, 6) is 1.37. The van der Waals surface area contributed by atoms with Gasteiger partial charge in [-0.05, 0) is 75.6 Å². The van der Waals surface area contributed by atoms with Crippen molar-refractivity contribution in [3.63, 3.8) is 0 Å². The maximum atomic E-state index is 12.5. The molecule has 0 bridgehead atoms. The molecule has 2 heterocycles. The molecule has 0 saturated carbocycles. The first-order chi connectivity index (χ1) is 13.7. The Labute approximate surface area is 179 Å². The van der Waals surface area contributed by atoms with E-state index in [1.807, 2.05) is 32.9 Å². The molecule has 1 amide bonds. The zero-order valence-electron chi connectivity index (χ0n) is 16.8. The molecular formula is C22H25BrN2O4. The number of rotatable bonds is 4. The second-order valence-corrected chi connectivity index (χ2v) is 8.83. The molecule has 1 atom stereocenters. The maximum absolute atomic E-state index is 12.5. The summed E-state index contributed by atoms with van der Waals surface area (Å²) >= 11 is 3.64. The molecule has 154 valence electrons. The van der Waals surface area contributed by atoms with Gasteiger partial charge in [-0.2, -0.15) is 0 Å². The van der Waals surface area contributed by atoms with Crippen LogP contribution in [0.3, 0.4) is 0 Å². The monoisotopic (exact) mass is 460 g/mol. The van der Waals surface area contributed by atoms with E-state index in [0.717, 1.165) is 22.9 Å². The third kappa shape index (κ3) is 5.97. The smallest absolute Gasteiger partial charge is 0.410 e. The van der Waals surface area contributed by atoms with Crippen molar-refractivity contribution in [3.8, 4) is 17.2 Å². The average Bonchev–Trinajstić information content (AvgIpc) is 3.13. The molecule has 2 aromatic rings. The summed E-state index contributed by atoms with van der Waals surface area (Å²) in [6.45, 7) is 6.27. The largest absolute Gasteiger partial charge is 0.508 e. The highest BCUT2D eigenvalue weighted by atomic mass is 79.9. The van der Waals surface area contributed by atoms with E-state index >= 15 is 0 Å². The van der Waals surface area contributed by atoms with Gasteiger partial charge in [0, 0.05) is 17.2 Å². The van der Waals surface area contributed by atoms with Crippen molar-refractivity contribution in [3.05, 3.63) is 52.8 Å². The fourth-order valence-electron chi connectivity index (χ4n) is 3.07. The van der Waals surface area contributed by atoms with E-state index in [2.05, 4.69) is 20.9 Å². The van der Waals surface area contributed by atoms with Crippen LogP contribution in [0.4, 0.5) is 4.79 Å². The molecule has 1 saturated heterocycles. The predicted octanol–water partition coefficient (Wildman–Crippen LogP) is 5.71. The van der Waals surface area contributed by atoms with E-state index in [1.165, 1.54) is 0 Å². The first-order valence-corrected chi connectivity index (χ1v) is 10.3. The van der Waals surface area contributed by atoms with E-state index < -0.39 is 5.60 Å². The lowest BCUT2D eigenvalue weighted by molar-refractivity contribution is 0.0254. The van der Waals surface area contributed by atoms with Gasteiger partial charge in [0.25, 0.3) is 0 Å². The zero-order chi connectivity index (χ0) is 21.0. The second kappa shape index (κ2) is 8.86. The van der Waals surface area contributed by atoms with Crippen LogP contribution in [-0.2, 0) is 4.74 Å². The number of likely N-dealkylation sites (tertiary alicyclic amines) is 1. The maximum Gasteiger partial charge on any atom is 0.410 e. The van der Waals surface area contributed by atoms with Gasteiger partial charge in [-0.3, -0.25) is 4.98 Å². The van der Waals surface area contributed by atoms with Gasteiger partial charge in [0.05, 0.1) is 12.2 Å². The van der Waals surface area contributed by atoms with Crippen LogP contribution in [0, 0.1) is 0 Å². The summed E-state index contributed by atoms with van der Waals surface area (Å²) in [5.41, 5.74) is 0.328. The van der Waals surface area contributed by atoms with Gasteiger partial charge >= 0.3 is 6.09 Å². The number of phenols is 1. The summed E-state index contributed by atoms with van der Waals surface area (Å²) in [7, 11) is 0. The molecule has 1 aliphatic rings. The van der Waals surface area contributed by atoms with E-state index in [0.29, 0.717) is 18.0 Å². The summed E-state index contributed by atoms with van der Waals surface area (Å²) in [6, 6.07) is 8.30. The number of benzene rings is 1. The third-order valence-corrected chi connectivity index (χ3v) is 5.07. The van der Waals surface area contributed by atoms with Gasteiger partial charge in [0.15, 0.2) is 0 Å². The number of halogens is 1. The van der Waals surface area contributed by atoms with Gasteiger partial charge < -0.3 is 19.5 Å². The fourth-order valence-corrected chi connectivity index (χ4v) is 3.81. The number of carbonyl (C=O) groups is 1. The molecule has 0 spiro atoms. The molecule has 1 N–H and O–H groups in total. The summed E-state index contributed by atoms with van der Waals surface area (Å²) < 4.78 is 12.2. The molecule has 1 aromatic carbocycles. The highest BCUT2D eigenvalue weighted by molar-refractivity contribution is 9.11. The Morgan fingerprint density at radius 1 is 1.24 bits per heavy atom. The molecule has 6 nitrogen and oxygen atoms in total. The van der Waals surface area contributed by atoms with Gasteiger partial charge in [0.2, 0.25) is 0 Å². The minimum absolute atomic E-state index is 0.0634. The number of aromatic hydroxyl groups is 1. The van der Waals surface area contributed by atoms with Crippen LogP contribution in [0.2, 0.25) is 0 Å². The van der Waals surface area contributed by atoms with Gasteiger partial charge in [-0.1, -0.05) is 15.9 Å². The lowest BCUT2D eigenvalue weighted by Crippen LogP contribution is -2.39. The van der Waals surface area contributed by atoms with Crippen molar-refractivity contribution in [2.75, 3.05) is 6.54 Å². The number of pyridine rings is 1. The number of hydrogen-bond donors (Lipinski definition) is 1. The molecule has 7 heteroatoms. The fraction of sp³-hybridized carbons (Fsp3) is 0.364. The van der Waals surface area contributed by atoms with Crippen LogP contribution in [0.5, 0.6) is 17.2 Å². The predicted molar refractivity (Wildman–Crippen MR) is 115 cm³/mol. The molecule has 0 unspecified atom stereocenters. The Hall–Kier alpha value is -2.54. The van der Waals surface area contributed by atoms with Crippen LogP contribution in [-0.4, -0.2) is 39.3 Å². The van der Waals surface area contributed by atoms with E-state index in [4.69, 9.17) is 9.47 Å². The number of hydrogen-bond acceptors (Lipinski definition) is 5. The molecule has 1 aromatic heterocycles. The number of nitrogens with zero attached hydrogens (tertiary/aromatic N) is 2. The Kier molecular flexibility index (Phi) is 6.47. The van der Waals surface area contributed by atoms with Crippen molar-refractivity contribution >= 4 is 28.1 Å². The number of amides is 1. The first kappa shape index (κ1) is 21.2. The Bertz CT molecular complexity index is 890. The number of ether oxygens (including phenoxy) is 2. The van der Waals surface area contributed by atoms with Crippen molar-refractivity contribution in [1.29, 1.82) is 0 Å². The summed E-state index contributed by atoms with van der Waals surface area (Å²) in [6.07, 6.45) is 6.80. The molecule has 0 aliphatic carbocycles. The number of aromatic nitrogens is 1. The summed E-state index contributed by atoms with van der Waals surface area (Å²) in [4.78, 5) is 18.5. The lowest BCUT2D eigenvalue weighted by Gasteiger charge is -2.28. The molecule has 3 rings (SSSR count). The Balaban J connectivity index is 1.73. The van der Waals surface area contributed by atoms with Crippen molar-refractivity contribution < 1.29 is 19.4 Å². The number of carbonyl (C=O) groups excluding carboxylic acids is 1. The van der Waals surface area contributed by atoms with Crippen LogP contribution in [0.1, 0.15) is 39.2 Å². The van der Waals surface area contributed by atoms with Crippen LogP contribution >= 0.6 is 15.9 Å². The Morgan fingerprint density at radius 2 is 1.97 bits per heavy atom. The third-order valence-electron chi connectivity index (χ3n) is 4.31. The molecule has 0 radical (unpaired) electrons. The average molecular weight is 461 g/mol. The van der Waals surface area contributed by atoms with Crippen LogP contribution in [0.25, 0.3) is 6.08 Å². The molecule has 29 heavy (non-hydrogen) atoms. The minimum Gasteiger partial charge on any atom is -0.508 e. The minimum atomic E-state index is -0.524. The van der Waals surface area contributed by atoms with Crippen LogP contribution in [0.15, 0.2) is 47.2 Å². The van der Waals surface area contributed by atoms with Crippen molar-refractivity contribution in [2.45, 2.75) is 45.3 Å². The standard InChI is InChI=1S/C22H25BrN2O4/c1-22(2,3)29-21(27)25-10-4-5-20(25)19(23)12-15-11-18(14-24-13-15)28-17-8-6-16(26)7-9-17/h6-9,11-14,20,26H,4-5,10H2,1-3H3/b19-12-/t20-/m0/s1. The molecular weight excluding hydrogens is 436 g/mol. The normalized spacial score (nSPS) is 17.3. The van der Waals surface area contributed by atoms with Crippen molar-refractivity contribution in [1.82, 2.24) is 9.88 Å².